The molecule has 230 valence electrons. The van der Waals surface area contributed by atoms with Crippen molar-refractivity contribution in [2.45, 2.75) is 181 Å². The minimum atomic E-state index is 0.503. The Bertz CT molecular complexity index is 684. The molecule has 40 heavy (non-hydrogen) atoms. The summed E-state index contributed by atoms with van der Waals surface area (Å²) < 4.78 is 0. The van der Waals surface area contributed by atoms with Crippen LogP contribution in [0, 0.1) is 0 Å². The Labute approximate surface area is 251 Å². The molecule has 2 rings (SSSR count). The lowest BCUT2D eigenvalue weighted by molar-refractivity contribution is 0.148. The van der Waals surface area contributed by atoms with Crippen molar-refractivity contribution in [2.24, 2.45) is 0 Å². The number of hydrogen-bond donors (Lipinski definition) is 0. The third-order valence-electron chi connectivity index (χ3n) is 9.02. The first-order chi connectivity index (χ1) is 19.8. The van der Waals surface area contributed by atoms with Crippen LogP contribution in [-0.4, -0.2) is 29.1 Å². The molecule has 0 bridgehead atoms. The zero-order valence-electron chi connectivity index (χ0n) is 27.1. The van der Waals surface area contributed by atoms with Gasteiger partial charge in [0.2, 0.25) is 0 Å². The van der Waals surface area contributed by atoms with Gasteiger partial charge in [0.1, 0.15) is 6.17 Å². The van der Waals surface area contributed by atoms with Crippen LogP contribution in [0.4, 0.5) is 0 Å². The standard InChI is InChI=1S/C38H68N2/c1-3-5-7-9-11-13-14-15-16-17-18-20-22-24-29-33-40-35-34-39(38(40)36-37-30-26-25-27-31-37)32-28-23-21-19-12-10-8-6-4-2/h25-27,30-31,34-35,38H,3-24,28-29,32-33,36H2,1-2H3. The van der Waals surface area contributed by atoms with E-state index in [0.717, 1.165) is 6.42 Å². The fraction of sp³-hybridized carbons (Fsp3) is 0.789. The zero-order valence-corrected chi connectivity index (χ0v) is 27.1. The Hall–Kier alpha value is -1.44. The molecule has 0 saturated carbocycles. The summed E-state index contributed by atoms with van der Waals surface area (Å²) >= 11 is 0. The highest BCUT2D eigenvalue weighted by molar-refractivity contribution is 5.17. The second kappa shape index (κ2) is 25.3. The van der Waals surface area contributed by atoms with Crippen molar-refractivity contribution in [1.82, 2.24) is 9.80 Å². The van der Waals surface area contributed by atoms with Crippen molar-refractivity contribution in [3.05, 3.63) is 48.3 Å². The first kappa shape index (κ1) is 34.8. The Morgan fingerprint density at radius 3 is 1.10 bits per heavy atom. The average Bonchev–Trinajstić information content (AvgIpc) is 3.35. The third-order valence-corrected chi connectivity index (χ3v) is 9.02. The van der Waals surface area contributed by atoms with E-state index in [9.17, 15) is 0 Å². The minimum Gasteiger partial charge on any atom is -0.356 e. The van der Waals surface area contributed by atoms with Crippen LogP contribution in [0.5, 0.6) is 0 Å². The predicted octanol–water partition coefficient (Wildman–Crippen LogP) is 12.0. The van der Waals surface area contributed by atoms with Gasteiger partial charge in [0.05, 0.1) is 0 Å². The summed E-state index contributed by atoms with van der Waals surface area (Å²) in [5.74, 6) is 0. The van der Waals surface area contributed by atoms with Gasteiger partial charge in [-0.3, -0.25) is 0 Å². The molecule has 1 atom stereocenters. The van der Waals surface area contributed by atoms with E-state index < -0.39 is 0 Å². The summed E-state index contributed by atoms with van der Waals surface area (Å²) in [5, 5.41) is 0. The van der Waals surface area contributed by atoms with E-state index in [4.69, 9.17) is 0 Å². The van der Waals surface area contributed by atoms with Gasteiger partial charge in [0.25, 0.3) is 0 Å². The van der Waals surface area contributed by atoms with Gasteiger partial charge in [-0.25, -0.2) is 0 Å². The molecule has 0 aromatic heterocycles. The molecular weight excluding hydrogens is 484 g/mol. The van der Waals surface area contributed by atoms with E-state index in [2.05, 4.69) is 66.4 Å². The Balaban J connectivity index is 1.54. The van der Waals surface area contributed by atoms with Crippen molar-refractivity contribution in [3.8, 4) is 0 Å². The molecule has 0 saturated heterocycles. The van der Waals surface area contributed by atoms with Gasteiger partial charge in [-0.05, 0) is 18.4 Å². The van der Waals surface area contributed by atoms with Crippen molar-refractivity contribution in [1.29, 1.82) is 0 Å². The molecule has 0 radical (unpaired) electrons. The summed E-state index contributed by atoms with van der Waals surface area (Å²) in [6.45, 7) is 7.03. The predicted molar refractivity (Wildman–Crippen MR) is 179 cm³/mol. The molecule has 0 amide bonds. The van der Waals surface area contributed by atoms with E-state index in [0.29, 0.717) is 6.17 Å². The van der Waals surface area contributed by atoms with Crippen LogP contribution in [0.2, 0.25) is 0 Å². The Morgan fingerprint density at radius 2 is 0.750 bits per heavy atom. The molecule has 1 aliphatic heterocycles. The smallest absolute Gasteiger partial charge is 0.105 e. The van der Waals surface area contributed by atoms with E-state index >= 15 is 0 Å². The summed E-state index contributed by atoms with van der Waals surface area (Å²) in [4.78, 5) is 5.28. The maximum absolute atomic E-state index is 2.64. The average molecular weight is 553 g/mol. The molecule has 1 aromatic rings. The van der Waals surface area contributed by atoms with Crippen LogP contribution >= 0.6 is 0 Å². The number of rotatable bonds is 28. The normalized spacial score (nSPS) is 15.0. The summed E-state index contributed by atoms with van der Waals surface area (Å²) in [5.41, 5.74) is 1.47. The van der Waals surface area contributed by atoms with Crippen LogP contribution in [0.15, 0.2) is 42.7 Å². The van der Waals surface area contributed by atoms with Crippen LogP contribution < -0.4 is 0 Å². The lowest BCUT2D eigenvalue weighted by Gasteiger charge is -2.33. The first-order valence-corrected chi connectivity index (χ1v) is 18.1. The highest BCUT2D eigenvalue weighted by Crippen LogP contribution is 2.23. The maximum Gasteiger partial charge on any atom is 0.105 e. The SMILES string of the molecule is CCCCCCCCCCCCCCCCCN1C=CN(CCCCCCCCCCC)C1Cc1ccccc1. The van der Waals surface area contributed by atoms with E-state index in [-0.39, 0.29) is 0 Å². The van der Waals surface area contributed by atoms with Crippen LogP contribution in [-0.2, 0) is 6.42 Å². The van der Waals surface area contributed by atoms with Crippen molar-refractivity contribution < 1.29 is 0 Å². The molecule has 1 heterocycles. The van der Waals surface area contributed by atoms with Crippen molar-refractivity contribution in [3.63, 3.8) is 0 Å². The Kier molecular flexibility index (Phi) is 22.0. The van der Waals surface area contributed by atoms with Crippen LogP contribution in [0.25, 0.3) is 0 Å². The summed E-state index contributed by atoms with van der Waals surface area (Å²) in [6.07, 6.45) is 40.6. The van der Waals surface area contributed by atoms with E-state index in [1.807, 2.05) is 0 Å². The van der Waals surface area contributed by atoms with E-state index in [1.54, 1.807) is 0 Å². The highest BCUT2D eigenvalue weighted by atomic mass is 15.4. The van der Waals surface area contributed by atoms with Gasteiger partial charge in [-0.2, -0.15) is 0 Å². The maximum atomic E-state index is 2.64. The molecule has 2 nitrogen and oxygen atoms in total. The lowest BCUT2D eigenvalue weighted by Crippen LogP contribution is -2.41. The fourth-order valence-electron chi connectivity index (χ4n) is 6.34. The number of unbranched alkanes of at least 4 members (excludes halogenated alkanes) is 22. The van der Waals surface area contributed by atoms with Crippen molar-refractivity contribution >= 4 is 0 Å². The van der Waals surface area contributed by atoms with Gasteiger partial charge in [0.15, 0.2) is 0 Å². The topological polar surface area (TPSA) is 6.48 Å². The van der Waals surface area contributed by atoms with Crippen molar-refractivity contribution in [2.75, 3.05) is 13.1 Å². The molecule has 1 unspecified atom stereocenters. The largest absolute Gasteiger partial charge is 0.356 e. The molecular formula is C38H68N2. The molecule has 1 aliphatic rings. The number of nitrogens with zero attached hydrogens (tertiary/aromatic N) is 2. The quantitative estimate of drug-likeness (QED) is 0.0954. The van der Waals surface area contributed by atoms with Crippen LogP contribution in [0.1, 0.15) is 174 Å². The monoisotopic (exact) mass is 553 g/mol. The molecule has 0 fully saturated rings. The third kappa shape index (κ3) is 17.4. The van der Waals surface area contributed by atoms with Gasteiger partial charge >= 0.3 is 0 Å². The first-order valence-electron chi connectivity index (χ1n) is 18.1. The Morgan fingerprint density at radius 1 is 0.425 bits per heavy atom. The highest BCUT2D eigenvalue weighted by Gasteiger charge is 2.25. The van der Waals surface area contributed by atoms with Gasteiger partial charge in [-0.15, -0.1) is 0 Å². The summed E-state index contributed by atoms with van der Waals surface area (Å²) in [7, 11) is 0. The lowest BCUT2D eigenvalue weighted by atomic mass is 10.0. The summed E-state index contributed by atoms with van der Waals surface area (Å²) in [6, 6.07) is 11.1. The van der Waals surface area contributed by atoms with Gasteiger partial charge < -0.3 is 9.80 Å². The molecule has 0 N–H and O–H groups in total. The fourth-order valence-corrected chi connectivity index (χ4v) is 6.34. The van der Waals surface area contributed by atoms with Gasteiger partial charge in [-0.1, -0.05) is 185 Å². The second-order valence-electron chi connectivity index (χ2n) is 12.7. The minimum absolute atomic E-state index is 0.503. The zero-order chi connectivity index (χ0) is 28.4. The molecule has 1 aromatic carbocycles. The number of benzene rings is 1. The van der Waals surface area contributed by atoms with Gasteiger partial charge in [0, 0.05) is 31.9 Å². The molecule has 0 aliphatic carbocycles. The van der Waals surface area contributed by atoms with Crippen LogP contribution in [0.3, 0.4) is 0 Å². The van der Waals surface area contributed by atoms with E-state index in [1.165, 1.54) is 173 Å². The molecule has 2 heteroatoms. The second-order valence-corrected chi connectivity index (χ2v) is 12.7. The molecule has 0 spiro atoms. The number of hydrogen-bond acceptors (Lipinski definition) is 2.